The van der Waals surface area contributed by atoms with Crippen molar-refractivity contribution in [1.29, 1.82) is 0 Å². The summed E-state index contributed by atoms with van der Waals surface area (Å²) in [5.74, 6) is 1.34. The number of rotatable bonds is 10. The fourth-order valence-corrected chi connectivity index (χ4v) is 3.57. The molecule has 0 aliphatic rings. The molecule has 23 heavy (non-hydrogen) atoms. The zero-order valence-electron chi connectivity index (χ0n) is 15.0. The van der Waals surface area contributed by atoms with E-state index in [9.17, 15) is 0 Å². The molecule has 0 aliphatic carbocycles. The van der Waals surface area contributed by atoms with Crippen LogP contribution in [0.3, 0.4) is 0 Å². The molecule has 0 bridgehead atoms. The highest BCUT2D eigenvalue weighted by molar-refractivity contribution is 5.15. The average molecular weight is 314 g/mol. The van der Waals surface area contributed by atoms with Crippen LogP contribution in [0.25, 0.3) is 0 Å². The average Bonchev–Trinajstić information content (AvgIpc) is 3.08. The summed E-state index contributed by atoms with van der Waals surface area (Å²) in [4.78, 5) is 3.23. The van der Waals surface area contributed by atoms with Gasteiger partial charge in [0.05, 0.1) is 0 Å². The van der Waals surface area contributed by atoms with Gasteiger partial charge in [0.2, 0.25) is 6.33 Å². The summed E-state index contributed by atoms with van der Waals surface area (Å²) in [7, 11) is 0. The summed E-state index contributed by atoms with van der Waals surface area (Å²) >= 11 is 0. The van der Waals surface area contributed by atoms with Gasteiger partial charge in [0.25, 0.3) is 0 Å². The minimum atomic E-state index is 0.582. The molecule has 126 valence electrons. The van der Waals surface area contributed by atoms with Crippen molar-refractivity contribution in [3.8, 4) is 0 Å². The Morgan fingerprint density at radius 1 is 1.04 bits per heavy atom. The summed E-state index contributed by atoms with van der Waals surface area (Å²) in [6.07, 6.45) is 14.2. The summed E-state index contributed by atoms with van der Waals surface area (Å²) in [6.45, 7) is 7.03. The highest BCUT2D eigenvalue weighted by Crippen LogP contribution is 2.29. The van der Waals surface area contributed by atoms with E-state index >= 15 is 0 Å². The lowest BCUT2D eigenvalue weighted by Crippen LogP contribution is -2.44. The molecule has 2 nitrogen and oxygen atoms in total. The summed E-state index contributed by atoms with van der Waals surface area (Å²) < 4.78 is 2.40. The van der Waals surface area contributed by atoms with Crippen LogP contribution in [0.5, 0.6) is 0 Å². The highest BCUT2D eigenvalue weighted by Gasteiger charge is 2.29. The molecule has 2 rings (SSSR count). The molecular formula is C21H33N2+. The second-order valence-corrected chi connectivity index (χ2v) is 7.07. The zero-order valence-corrected chi connectivity index (χ0v) is 15.0. The van der Waals surface area contributed by atoms with Gasteiger partial charge in [0.15, 0.2) is 0 Å². The van der Waals surface area contributed by atoms with Crippen LogP contribution in [-0.2, 0) is 6.42 Å². The van der Waals surface area contributed by atoms with E-state index in [1.165, 1.54) is 37.7 Å². The first-order valence-electron chi connectivity index (χ1n) is 9.29. The fourth-order valence-electron chi connectivity index (χ4n) is 3.57. The third-order valence-electron chi connectivity index (χ3n) is 4.97. The molecule has 0 saturated carbocycles. The minimum Gasteiger partial charge on any atom is -0.250 e. The molecule has 0 aliphatic heterocycles. The van der Waals surface area contributed by atoms with Crippen molar-refractivity contribution in [1.82, 2.24) is 4.98 Å². The van der Waals surface area contributed by atoms with Crippen molar-refractivity contribution < 1.29 is 4.57 Å². The molecule has 2 unspecified atom stereocenters. The van der Waals surface area contributed by atoms with Crippen LogP contribution >= 0.6 is 0 Å². The first-order valence-corrected chi connectivity index (χ1v) is 9.29. The second kappa shape index (κ2) is 9.54. The molecule has 1 aromatic heterocycles. The first-order chi connectivity index (χ1) is 11.2. The molecule has 1 N–H and O–H groups in total. The standard InChI is InChI=1S/C21H32N2/c1-4-5-6-10-13-21(23-15-14-22-17-23)20(18(2)3)16-19-11-8-7-9-12-19/h7-9,11-12,14-15,17-18,20-21H,4-6,10,13,16H2,1-3H3/p+1. The first kappa shape index (κ1) is 17.8. The number of aromatic amines is 1. The van der Waals surface area contributed by atoms with Gasteiger partial charge < -0.3 is 0 Å². The Labute approximate surface area is 142 Å². The van der Waals surface area contributed by atoms with E-state index in [0.717, 1.165) is 6.42 Å². The maximum Gasteiger partial charge on any atom is 0.241 e. The molecule has 1 aromatic carbocycles. The number of benzene rings is 1. The van der Waals surface area contributed by atoms with E-state index in [0.29, 0.717) is 17.9 Å². The van der Waals surface area contributed by atoms with E-state index in [2.05, 4.69) is 73.2 Å². The van der Waals surface area contributed by atoms with Crippen LogP contribution in [-0.4, -0.2) is 4.98 Å². The van der Waals surface area contributed by atoms with E-state index < -0.39 is 0 Å². The molecular weight excluding hydrogens is 280 g/mol. The van der Waals surface area contributed by atoms with Crippen molar-refractivity contribution in [2.45, 2.75) is 65.3 Å². The van der Waals surface area contributed by atoms with Gasteiger partial charge in [-0.2, -0.15) is 0 Å². The van der Waals surface area contributed by atoms with Crippen molar-refractivity contribution in [2.75, 3.05) is 0 Å². The van der Waals surface area contributed by atoms with Gasteiger partial charge in [0.1, 0.15) is 18.4 Å². The number of hydrogen-bond donors (Lipinski definition) is 1. The van der Waals surface area contributed by atoms with Crippen molar-refractivity contribution in [3.05, 3.63) is 54.6 Å². The summed E-state index contributed by atoms with van der Waals surface area (Å²) in [6, 6.07) is 11.5. The van der Waals surface area contributed by atoms with Crippen molar-refractivity contribution >= 4 is 0 Å². The predicted molar refractivity (Wildman–Crippen MR) is 97.3 cm³/mol. The molecule has 2 heteroatoms. The lowest BCUT2D eigenvalue weighted by atomic mass is 9.81. The monoisotopic (exact) mass is 313 g/mol. The number of nitrogens with one attached hydrogen (secondary N) is 1. The van der Waals surface area contributed by atoms with Crippen LogP contribution in [0.4, 0.5) is 0 Å². The number of nitrogens with zero attached hydrogens (tertiary/aromatic N) is 1. The fraction of sp³-hybridized carbons (Fsp3) is 0.571. The minimum absolute atomic E-state index is 0.582. The normalized spacial score (nSPS) is 14.1. The molecule has 0 fully saturated rings. The number of unbranched alkanes of at least 4 members (excludes halogenated alkanes) is 3. The Bertz CT molecular complexity index is 516. The van der Waals surface area contributed by atoms with E-state index in [4.69, 9.17) is 0 Å². The summed E-state index contributed by atoms with van der Waals surface area (Å²) in [5.41, 5.74) is 1.46. The number of aromatic nitrogens is 2. The number of hydrogen-bond acceptors (Lipinski definition) is 0. The Balaban J connectivity index is 2.12. The SMILES string of the molecule is CCCCCCC(C(Cc1ccccc1)C(C)C)[n+]1cc[nH]c1. The lowest BCUT2D eigenvalue weighted by Gasteiger charge is -2.28. The van der Waals surface area contributed by atoms with E-state index in [1.54, 1.807) is 0 Å². The molecule has 2 aromatic rings. The van der Waals surface area contributed by atoms with Crippen LogP contribution < -0.4 is 4.57 Å². The molecule has 1 heterocycles. The van der Waals surface area contributed by atoms with Gasteiger partial charge in [-0.3, -0.25) is 4.98 Å². The smallest absolute Gasteiger partial charge is 0.241 e. The molecule has 2 atom stereocenters. The third kappa shape index (κ3) is 5.53. The van der Waals surface area contributed by atoms with E-state index in [-0.39, 0.29) is 0 Å². The topological polar surface area (TPSA) is 19.7 Å². The molecule has 0 saturated heterocycles. The number of H-pyrrole nitrogens is 1. The van der Waals surface area contributed by atoms with Gasteiger partial charge >= 0.3 is 0 Å². The van der Waals surface area contributed by atoms with Gasteiger partial charge in [-0.15, -0.1) is 0 Å². The Hall–Kier alpha value is -1.57. The Morgan fingerprint density at radius 2 is 1.83 bits per heavy atom. The molecule has 0 amide bonds. The maximum absolute atomic E-state index is 3.23. The number of imidazole rings is 1. The largest absolute Gasteiger partial charge is 0.250 e. The predicted octanol–water partition coefficient (Wildman–Crippen LogP) is 5.33. The van der Waals surface area contributed by atoms with Crippen molar-refractivity contribution in [2.24, 2.45) is 11.8 Å². The van der Waals surface area contributed by atoms with Gasteiger partial charge in [-0.25, -0.2) is 4.57 Å². The summed E-state index contributed by atoms with van der Waals surface area (Å²) in [5, 5.41) is 0. The molecule has 0 radical (unpaired) electrons. The Kier molecular flexibility index (Phi) is 7.38. The van der Waals surface area contributed by atoms with Crippen LogP contribution in [0.15, 0.2) is 49.1 Å². The highest BCUT2D eigenvalue weighted by atomic mass is 15.1. The van der Waals surface area contributed by atoms with Gasteiger partial charge in [0, 0.05) is 5.92 Å². The zero-order chi connectivity index (χ0) is 16.5. The van der Waals surface area contributed by atoms with Crippen LogP contribution in [0, 0.1) is 11.8 Å². The quantitative estimate of drug-likeness (QED) is 0.452. The second-order valence-electron chi connectivity index (χ2n) is 7.07. The lowest BCUT2D eigenvalue weighted by molar-refractivity contribution is -0.731. The Morgan fingerprint density at radius 3 is 2.43 bits per heavy atom. The van der Waals surface area contributed by atoms with Gasteiger partial charge in [-0.05, 0) is 30.7 Å². The van der Waals surface area contributed by atoms with E-state index in [1.807, 2.05) is 6.20 Å². The van der Waals surface area contributed by atoms with Gasteiger partial charge in [-0.1, -0.05) is 70.4 Å². The van der Waals surface area contributed by atoms with Crippen molar-refractivity contribution in [3.63, 3.8) is 0 Å². The van der Waals surface area contributed by atoms with Crippen LogP contribution in [0.2, 0.25) is 0 Å². The maximum atomic E-state index is 3.23. The third-order valence-corrected chi connectivity index (χ3v) is 4.97. The molecule has 0 spiro atoms. The van der Waals surface area contributed by atoms with Crippen LogP contribution in [0.1, 0.15) is 64.5 Å².